The second kappa shape index (κ2) is 2.74. The summed E-state index contributed by atoms with van der Waals surface area (Å²) in [5, 5.41) is 3.03. The molecule has 1 saturated heterocycles. The van der Waals surface area contributed by atoms with Crippen LogP contribution in [0.1, 0.15) is 38.5 Å². The fourth-order valence-corrected chi connectivity index (χ4v) is 2.46. The lowest BCUT2D eigenvalue weighted by atomic mass is 9.77. The van der Waals surface area contributed by atoms with E-state index in [4.69, 9.17) is 0 Å². The summed E-state index contributed by atoms with van der Waals surface area (Å²) in [6, 6.07) is 0. The molecular formula is C9H16FN. The second-order valence-electron chi connectivity index (χ2n) is 3.87. The minimum atomic E-state index is -0.976. The Morgan fingerprint density at radius 2 is 2.00 bits per heavy atom. The maximum absolute atomic E-state index is 13.9. The van der Waals surface area contributed by atoms with E-state index in [-0.39, 0.29) is 0 Å². The standard InChI is InChI=1S/C9H16FN/c10-9-6-2-1-4-8(9)5-3-7-11-9/h8,11H,1-7H2. The van der Waals surface area contributed by atoms with Crippen molar-refractivity contribution in [2.24, 2.45) is 5.92 Å². The number of alkyl halides is 1. The van der Waals surface area contributed by atoms with Gasteiger partial charge in [-0.1, -0.05) is 6.42 Å². The quantitative estimate of drug-likeness (QED) is 0.532. The average Bonchev–Trinajstić information content (AvgIpc) is 2.03. The van der Waals surface area contributed by atoms with Gasteiger partial charge in [0.25, 0.3) is 0 Å². The molecule has 1 aliphatic carbocycles. The Balaban J connectivity index is 2.06. The van der Waals surface area contributed by atoms with Gasteiger partial charge in [0, 0.05) is 5.92 Å². The first-order valence-corrected chi connectivity index (χ1v) is 4.75. The molecule has 64 valence electrons. The Bertz CT molecular complexity index is 134. The SMILES string of the molecule is FC12CCCCC1CCCN2. The summed E-state index contributed by atoms with van der Waals surface area (Å²) in [5.41, 5.74) is 0. The molecule has 1 nitrogen and oxygen atoms in total. The molecule has 0 bridgehead atoms. The summed E-state index contributed by atoms with van der Waals surface area (Å²) in [7, 11) is 0. The third-order valence-corrected chi connectivity index (χ3v) is 3.14. The maximum atomic E-state index is 13.9. The number of halogens is 1. The first kappa shape index (κ1) is 7.53. The van der Waals surface area contributed by atoms with E-state index in [2.05, 4.69) is 5.32 Å². The molecule has 0 aromatic heterocycles. The van der Waals surface area contributed by atoms with Gasteiger partial charge in [-0.25, -0.2) is 4.39 Å². The van der Waals surface area contributed by atoms with Crippen LogP contribution in [-0.4, -0.2) is 12.3 Å². The zero-order valence-corrected chi connectivity index (χ0v) is 6.91. The van der Waals surface area contributed by atoms with Gasteiger partial charge in [-0.3, -0.25) is 5.32 Å². The van der Waals surface area contributed by atoms with Crippen LogP contribution in [0, 0.1) is 5.92 Å². The van der Waals surface area contributed by atoms with Crippen molar-refractivity contribution in [3.63, 3.8) is 0 Å². The van der Waals surface area contributed by atoms with Crippen molar-refractivity contribution in [3.8, 4) is 0 Å². The van der Waals surface area contributed by atoms with E-state index in [0.29, 0.717) is 5.92 Å². The van der Waals surface area contributed by atoms with Crippen molar-refractivity contribution < 1.29 is 4.39 Å². The molecule has 2 aliphatic rings. The van der Waals surface area contributed by atoms with Crippen LogP contribution in [0.2, 0.25) is 0 Å². The number of piperidine rings is 1. The van der Waals surface area contributed by atoms with Crippen molar-refractivity contribution in [2.75, 3.05) is 6.54 Å². The molecular weight excluding hydrogens is 141 g/mol. The summed E-state index contributed by atoms with van der Waals surface area (Å²) in [4.78, 5) is 0. The van der Waals surface area contributed by atoms with Gasteiger partial charge in [0.15, 0.2) is 5.79 Å². The molecule has 1 heterocycles. The van der Waals surface area contributed by atoms with Crippen LogP contribution < -0.4 is 5.32 Å². The lowest BCUT2D eigenvalue weighted by molar-refractivity contribution is -0.0193. The third-order valence-electron chi connectivity index (χ3n) is 3.14. The van der Waals surface area contributed by atoms with Crippen molar-refractivity contribution in [1.82, 2.24) is 5.32 Å². The van der Waals surface area contributed by atoms with E-state index >= 15 is 0 Å². The van der Waals surface area contributed by atoms with Crippen molar-refractivity contribution in [3.05, 3.63) is 0 Å². The molecule has 1 saturated carbocycles. The van der Waals surface area contributed by atoms with Crippen LogP contribution in [0.5, 0.6) is 0 Å². The number of hydrogen-bond donors (Lipinski definition) is 1. The molecule has 2 atom stereocenters. The van der Waals surface area contributed by atoms with Crippen molar-refractivity contribution in [1.29, 1.82) is 0 Å². The highest BCUT2D eigenvalue weighted by molar-refractivity contribution is 4.91. The Hall–Kier alpha value is -0.110. The van der Waals surface area contributed by atoms with Crippen LogP contribution in [0.4, 0.5) is 4.39 Å². The summed E-state index contributed by atoms with van der Waals surface area (Å²) in [6.07, 6.45) is 6.42. The molecule has 0 amide bonds. The van der Waals surface area contributed by atoms with Gasteiger partial charge in [-0.15, -0.1) is 0 Å². The fraction of sp³-hybridized carbons (Fsp3) is 1.00. The summed E-state index contributed by atoms with van der Waals surface area (Å²) < 4.78 is 13.9. The van der Waals surface area contributed by atoms with Gasteiger partial charge in [0.1, 0.15) is 0 Å². The molecule has 0 aromatic rings. The van der Waals surface area contributed by atoms with Crippen LogP contribution in [0.25, 0.3) is 0 Å². The second-order valence-corrected chi connectivity index (χ2v) is 3.87. The number of nitrogens with one attached hydrogen (secondary N) is 1. The topological polar surface area (TPSA) is 12.0 Å². The van der Waals surface area contributed by atoms with Gasteiger partial charge in [-0.2, -0.15) is 0 Å². The van der Waals surface area contributed by atoms with Gasteiger partial charge in [-0.05, 0) is 38.6 Å². The van der Waals surface area contributed by atoms with Crippen molar-refractivity contribution >= 4 is 0 Å². The largest absolute Gasteiger partial charge is 0.285 e. The van der Waals surface area contributed by atoms with Crippen molar-refractivity contribution in [2.45, 2.75) is 44.3 Å². The molecule has 1 N–H and O–H groups in total. The van der Waals surface area contributed by atoms with E-state index in [1.807, 2.05) is 0 Å². The lowest BCUT2D eigenvalue weighted by Gasteiger charge is -2.41. The van der Waals surface area contributed by atoms with E-state index in [1.54, 1.807) is 0 Å². The summed E-state index contributed by atoms with van der Waals surface area (Å²) >= 11 is 0. The molecule has 2 fully saturated rings. The minimum Gasteiger partial charge on any atom is -0.285 e. The Labute approximate surface area is 67.4 Å². The van der Waals surface area contributed by atoms with Gasteiger partial charge in [0.05, 0.1) is 0 Å². The number of rotatable bonds is 0. The van der Waals surface area contributed by atoms with E-state index < -0.39 is 5.79 Å². The molecule has 0 aromatic carbocycles. The van der Waals surface area contributed by atoms with Gasteiger partial charge >= 0.3 is 0 Å². The predicted molar refractivity (Wildman–Crippen MR) is 43.0 cm³/mol. The van der Waals surface area contributed by atoms with E-state index in [1.165, 1.54) is 6.42 Å². The molecule has 11 heavy (non-hydrogen) atoms. The normalized spacial score (nSPS) is 45.0. The highest BCUT2D eigenvalue weighted by atomic mass is 19.1. The van der Waals surface area contributed by atoms with Crippen LogP contribution in [0.15, 0.2) is 0 Å². The number of fused-ring (bicyclic) bond motifs is 1. The zero-order valence-electron chi connectivity index (χ0n) is 6.91. The Morgan fingerprint density at radius 1 is 1.18 bits per heavy atom. The highest BCUT2D eigenvalue weighted by Gasteiger charge is 2.42. The smallest absolute Gasteiger partial charge is 0.164 e. The minimum absolute atomic E-state index is 0.324. The molecule has 1 aliphatic heterocycles. The highest BCUT2D eigenvalue weighted by Crippen LogP contribution is 2.39. The number of hydrogen-bond acceptors (Lipinski definition) is 1. The van der Waals surface area contributed by atoms with Crippen LogP contribution >= 0.6 is 0 Å². The third kappa shape index (κ3) is 1.28. The first-order chi connectivity index (χ1) is 5.31. The summed E-state index contributed by atoms with van der Waals surface area (Å²) in [5.74, 6) is -0.652. The monoisotopic (exact) mass is 157 g/mol. The van der Waals surface area contributed by atoms with E-state index in [9.17, 15) is 4.39 Å². The van der Waals surface area contributed by atoms with Crippen LogP contribution in [-0.2, 0) is 0 Å². The molecule has 2 heteroatoms. The maximum Gasteiger partial charge on any atom is 0.164 e. The fourth-order valence-electron chi connectivity index (χ4n) is 2.46. The first-order valence-electron chi connectivity index (χ1n) is 4.75. The average molecular weight is 157 g/mol. The van der Waals surface area contributed by atoms with E-state index in [0.717, 1.165) is 38.6 Å². The molecule has 0 spiro atoms. The Morgan fingerprint density at radius 3 is 2.82 bits per heavy atom. The lowest BCUT2D eigenvalue weighted by Crippen LogP contribution is -2.52. The Kier molecular flexibility index (Phi) is 1.88. The van der Waals surface area contributed by atoms with Crippen LogP contribution in [0.3, 0.4) is 0 Å². The van der Waals surface area contributed by atoms with Gasteiger partial charge < -0.3 is 0 Å². The predicted octanol–water partition coefficient (Wildman–Crippen LogP) is 2.23. The molecule has 2 unspecified atom stereocenters. The zero-order chi connectivity index (χ0) is 7.73. The summed E-state index contributed by atoms with van der Waals surface area (Å²) in [6.45, 7) is 0.882. The molecule has 2 rings (SSSR count). The van der Waals surface area contributed by atoms with Gasteiger partial charge in [0.2, 0.25) is 0 Å². The molecule has 0 radical (unpaired) electrons.